The molecule has 0 aliphatic heterocycles. The van der Waals surface area contributed by atoms with E-state index in [9.17, 15) is 15.0 Å². The number of hydrogen-bond donors (Lipinski definition) is 3. The van der Waals surface area contributed by atoms with Crippen molar-refractivity contribution in [3.8, 4) is 5.75 Å². The number of aliphatic hydroxyl groups is 2. The first kappa shape index (κ1) is 18.9. The van der Waals surface area contributed by atoms with Crippen molar-refractivity contribution in [3.05, 3.63) is 47.5 Å². The van der Waals surface area contributed by atoms with E-state index in [-0.39, 0.29) is 13.2 Å². The Morgan fingerprint density at radius 1 is 1.33 bits per heavy atom. The van der Waals surface area contributed by atoms with Gasteiger partial charge in [-0.05, 0) is 38.1 Å². The number of fused-ring (bicyclic) bond motifs is 1. The van der Waals surface area contributed by atoms with E-state index >= 15 is 0 Å². The first-order valence-electron chi connectivity index (χ1n) is 8.54. The number of amides is 1. The number of aliphatic hydroxyl groups excluding tert-OH is 2. The highest BCUT2D eigenvalue weighted by molar-refractivity contribution is 6.07. The number of furan rings is 1. The largest absolute Gasteiger partial charge is 0.487 e. The van der Waals surface area contributed by atoms with Crippen molar-refractivity contribution in [1.82, 2.24) is 15.1 Å². The van der Waals surface area contributed by atoms with Crippen LogP contribution in [0.2, 0.25) is 0 Å². The third kappa shape index (κ3) is 3.81. The van der Waals surface area contributed by atoms with Crippen LogP contribution in [0, 0.1) is 6.92 Å². The maximum atomic E-state index is 12.7. The molecule has 8 nitrogen and oxygen atoms in total. The molecule has 3 aromatic rings. The smallest absolute Gasteiger partial charge is 0.256 e. The number of aryl methyl sites for hydroxylation is 2. The average Bonchev–Trinajstić information content (AvgIpc) is 3.21. The summed E-state index contributed by atoms with van der Waals surface area (Å²) in [6.45, 7) is 2.82. The first-order valence-corrected chi connectivity index (χ1v) is 8.54. The van der Waals surface area contributed by atoms with Gasteiger partial charge in [0.05, 0.1) is 30.0 Å². The minimum atomic E-state index is -1.12. The molecule has 2 heterocycles. The van der Waals surface area contributed by atoms with Gasteiger partial charge in [-0.15, -0.1) is 0 Å². The van der Waals surface area contributed by atoms with E-state index in [1.54, 1.807) is 42.9 Å². The topological polar surface area (TPSA) is 110 Å². The second-order valence-electron chi connectivity index (χ2n) is 6.76. The summed E-state index contributed by atoms with van der Waals surface area (Å²) < 4.78 is 13.2. The molecule has 3 N–H and O–H groups in total. The molecule has 0 bridgehead atoms. The molecule has 1 amide bonds. The second kappa shape index (κ2) is 7.42. The zero-order valence-corrected chi connectivity index (χ0v) is 15.5. The molecule has 144 valence electrons. The molecule has 27 heavy (non-hydrogen) atoms. The second-order valence-corrected chi connectivity index (χ2v) is 6.76. The Kier molecular flexibility index (Phi) is 5.20. The van der Waals surface area contributed by atoms with Gasteiger partial charge in [0.15, 0.2) is 0 Å². The van der Waals surface area contributed by atoms with Crippen LogP contribution in [0.15, 0.2) is 34.9 Å². The van der Waals surface area contributed by atoms with E-state index < -0.39 is 11.4 Å². The van der Waals surface area contributed by atoms with Gasteiger partial charge in [0.1, 0.15) is 23.7 Å². The number of ether oxygens (including phenoxy) is 1. The van der Waals surface area contributed by atoms with Crippen LogP contribution in [0.1, 0.15) is 28.7 Å². The molecule has 0 fully saturated rings. The van der Waals surface area contributed by atoms with Crippen LogP contribution in [-0.2, 0) is 13.7 Å². The van der Waals surface area contributed by atoms with Crippen LogP contribution in [0.4, 0.5) is 0 Å². The molecule has 0 aliphatic carbocycles. The summed E-state index contributed by atoms with van der Waals surface area (Å²) in [5, 5.41) is 26.2. The Hall–Kier alpha value is -2.84. The van der Waals surface area contributed by atoms with Crippen molar-refractivity contribution in [2.45, 2.75) is 26.0 Å². The van der Waals surface area contributed by atoms with Gasteiger partial charge in [0.25, 0.3) is 5.91 Å². The molecule has 0 unspecified atom stereocenters. The van der Waals surface area contributed by atoms with E-state index in [0.29, 0.717) is 34.6 Å². The Labute approximate surface area is 156 Å². The number of nitrogens with zero attached hydrogens (tertiary/aromatic N) is 2. The van der Waals surface area contributed by atoms with Crippen molar-refractivity contribution < 1.29 is 24.2 Å². The zero-order valence-electron chi connectivity index (χ0n) is 15.5. The maximum Gasteiger partial charge on any atom is 0.256 e. The molecule has 8 heteroatoms. The molecular weight excluding hydrogens is 350 g/mol. The lowest BCUT2D eigenvalue weighted by Gasteiger charge is -2.26. The standard InChI is InChI=1S/C19H23N3O5/c1-12-17(18(25)21-19(2,10-23)11-24)15-8-14(4-5-16(15)27-12)26-9-13-6-7-20-22(13)3/h4-8,23-24H,9-11H2,1-3H3,(H,21,25). The Balaban J connectivity index is 1.88. The summed E-state index contributed by atoms with van der Waals surface area (Å²) in [5.41, 5.74) is 0.697. The van der Waals surface area contributed by atoms with Crippen molar-refractivity contribution in [2.24, 2.45) is 7.05 Å². The summed E-state index contributed by atoms with van der Waals surface area (Å²) in [7, 11) is 1.84. The number of benzene rings is 1. The highest BCUT2D eigenvalue weighted by Gasteiger charge is 2.28. The molecule has 0 saturated carbocycles. The Bertz CT molecular complexity index is 956. The van der Waals surface area contributed by atoms with Crippen LogP contribution in [-0.4, -0.2) is 44.7 Å². The summed E-state index contributed by atoms with van der Waals surface area (Å²) in [6, 6.07) is 7.13. The fraction of sp³-hybridized carbons (Fsp3) is 0.368. The molecule has 1 aromatic carbocycles. The molecule has 0 atom stereocenters. The van der Waals surface area contributed by atoms with Crippen LogP contribution >= 0.6 is 0 Å². The molecule has 0 saturated heterocycles. The van der Waals surface area contributed by atoms with Gasteiger partial charge in [0.2, 0.25) is 0 Å². The van der Waals surface area contributed by atoms with E-state index in [1.807, 2.05) is 13.1 Å². The van der Waals surface area contributed by atoms with Gasteiger partial charge >= 0.3 is 0 Å². The van der Waals surface area contributed by atoms with Crippen LogP contribution in [0.3, 0.4) is 0 Å². The number of hydrogen-bond acceptors (Lipinski definition) is 6. The molecular formula is C19H23N3O5. The predicted octanol–water partition coefficient (Wildman–Crippen LogP) is 1.53. The summed E-state index contributed by atoms with van der Waals surface area (Å²) in [4.78, 5) is 12.7. The fourth-order valence-corrected chi connectivity index (χ4v) is 2.74. The van der Waals surface area contributed by atoms with Crippen LogP contribution < -0.4 is 10.1 Å². The maximum absolute atomic E-state index is 12.7. The Morgan fingerprint density at radius 3 is 2.70 bits per heavy atom. The number of nitrogens with one attached hydrogen (secondary N) is 1. The van der Waals surface area contributed by atoms with Gasteiger partial charge in [-0.3, -0.25) is 9.48 Å². The highest BCUT2D eigenvalue weighted by Crippen LogP contribution is 2.29. The van der Waals surface area contributed by atoms with E-state index in [2.05, 4.69) is 10.4 Å². The van der Waals surface area contributed by atoms with E-state index in [0.717, 1.165) is 5.69 Å². The zero-order chi connectivity index (χ0) is 19.6. The molecule has 0 aliphatic rings. The molecule has 2 aromatic heterocycles. The van der Waals surface area contributed by atoms with Gasteiger partial charge in [0, 0.05) is 18.6 Å². The number of rotatable bonds is 7. The van der Waals surface area contributed by atoms with E-state index in [1.165, 1.54) is 0 Å². The lowest BCUT2D eigenvalue weighted by Crippen LogP contribution is -2.51. The first-order chi connectivity index (χ1) is 12.9. The van der Waals surface area contributed by atoms with Gasteiger partial charge < -0.3 is 24.7 Å². The third-order valence-electron chi connectivity index (χ3n) is 4.48. The van der Waals surface area contributed by atoms with Crippen molar-refractivity contribution in [2.75, 3.05) is 13.2 Å². The summed E-state index contributed by atoms with van der Waals surface area (Å²) in [5.74, 6) is 0.607. The van der Waals surface area contributed by atoms with Crippen molar-refractivity contribution in [3.63, 3.8) is 0 Å². The number of aromatic nitrogens is 2. The van der Waals surface area contributed by atoms with Crippen LogP contribution in [0.5, 0.6) is 5.75 Å². The quantitative estimate of drug-likeness (QED) is 0.579. The lowest BCUT2D eigenvalue weighted by atomic mass is 10.0. The van der Waals surface area contributed by atoms with Gasteiger partial charge in [-0.1, -0.05) is 0 Å². The monoisotopic (exact) mass is 373 g/mol. The van der Waals surface area contributed by atoms with Crippen LogP contribution in [0.25, 0.3) is 11.0 Å². The molecule has 0 radical (unpaired) electrons. The minimum Gasteiger partial charge on any atom is -0.487 e. The average molecular weight is 373 g/mol. The normalized spacial score (nSPS) is 11.7. The fourth-order valence-electron chi connectivity index (χ4n) is 2.74. The number of carbonyl (C=O) groups excluding carboxylic acids is 1. The Morgan fingerprint density at radius 2 is 2.07 bits per heavy atom. The highest BCUT2D eigenvalue weighted by atomic mass is 16.5. The SMILES string of the molecule is Cc1oc2ccc(OCc3ccnn3C)cc2c1C(=O)NC(C)(CO)CO. The van der Waals surface area contributed by atoms with Gasteiger partial charge in [-0.25, -0.2) is 0 Å². The molecule has 0 spiro atoms. The predicted molar refractivity (Wildman–Crippen MR) is 98.5 cm³/mol. The van der Waals surface area contributed by atoms with Crippen molar-refractivity contribution in [1.29, 1.82) is 0 Å². The summed E-state index contributed by atoms with van der Waals surface area (Å²) >= 11 is 0. The summed E-state index contributed by atoms with van der Waals surface area (Å²) in [6.07, 6.45) is 1.70. The molecule has 3 rings (SSSR count). The minimum absolute atomic E-state index is 0.341. The van der Waals surface area contributed by atoms with E-state index in [4.69, 9.17) is 9.15 Å². The van der Waals surface area contributed by atoms with Gasteiger partial charge in [-0.2, -0.15) is 5.10 Å². The number of carbonyl (C=O) groups is 1. The van der Waals surface area contributed by atoms with Crippen molar-refractivity contribution >= 4 is 16.9 Å². The lowest BCUT2D eigenvalue weighted by molar-refractivity contribution is 0.0723. The third-order valence-corrected chi connectivity index (χ3v) is 4.48.